The monoisotopic (exact) mass is 576 g/mol. The molecule has 4 nitrogen and oxygen atoms in total. The van der Waals surface area contributed by atoms with E-state index < -0.39 is 8.07 Å². The summed E-state index contributed by atoms with van der Waals surface area (Å²) in [6, 6.07) is 21.3. The molecule has 0 unspecified atom stereocenters. The molecule has 0 spiro atoms. The number of rotatable bonds is 6. The number of phenols is 1. The van der Waals surface area contributed by atoms with Gasteiger partial charge in [0.05, 0.1) is 19.3 Å². The fraction of sp³-hybridized carbons (Fsp3) is 0.351. The van der Waals surface area contributed by atoms with Crippen molar-refractivity contribution in [2.45, 2.75) is 85.4 Å². The first-order valence-corrected chi connectivity index (χ1v) is 18.5. The van der Waals surface area contributed by atoms with Crippen LogP contribution in [0.15, 0.2) is 71.3 Å². The Balaban J connectivity index is 1.69. The van der Waals surface area contributed by atoms with Crippen LogP contribution in [-0.4, -0.2) is 23.1 Å². The second-order valence-electron chi connectivity index (χ2n) is 14.2. The van der Waals surface area contributed by atoms with Crippen molar-refractivity contribution in [3.63, 3.8) is 0 Å². The highest BCUT2D eigenvalue weighted by Crippen LogP contribution is 2.41. The van der Waals surface area contributed by atoms with Crippen LogP contribution >= 0.6 is 0 Å². The largest absolute Gasteiger partial charge is 0.507 e. The highest BCUT2D eigenvalue weighted by molar-refractivity contribution is 6.88. The Hall–Kier alpha value is -3.70. The van der Waals surface area contributed by atoms with E-state index in [1.807, 2.05) is 18.2 Å². The highest BCUT2D eigenvalue weighted by Gasteiger charge is 2.23. The summed E-state index contributed by atoms with van der Waals surface area (Å²) in [7, 11) is -1.44. The number of nitrogens with zero attached hydrogens (tertiary/aromatic N) is 2. The number of aromatic nitrogens is 2. The number of fused-ring (bicyclic) bond motifs is 1. The van der Waals surface area contributed by atoms with E-state index in [9.17, 15) is 5.11 Å². The van der Waals surface area contributed by atoms with Crippen LogP contribution in [0.4, 0.5) is 0 Å². The Morgan fingerprint density at radius 2 is 1.52 bits per heavy atom. The Kier molecular flexibility index (Phi) is 7.69. The van der Waals surface area contributed by atoms with Gasteiger partial charge in [0.25, 0.3) is 0 Å². The molecule has 0 saturated carbocycles. The van der Waals surface area contributed by atoms with Crippen LogP contribution < -0.4 is 5.19 Å². The van der Waals surface area contributed by atoms with Crippen molar-refractivity contribution < 1.29 is 9.52 Å². The minimum Gasteiger partial charge on any atom is -0.507 e. The second-order valence-corrected chi connectivity index (χ2v) is 19.3. The van der Waals surface area contributed by atoms with E-state index in [0.29, 0.717) is 23.0 Å². The van der Waals surface area contributed by atoms with E-state index >= 15 is 0 Å². The standard InChI is InChI=1S/C37H44N2O2Si/c1-22(2)24-19-30(23(3)4)35(40)31(20-24)36-39-34-29(12-11-13-33(34)41-36)25-16-26(18-27(17-25)37(5,6)7)32-15-14-28(21-38-32)42(8,9)10/h11-23,40H,1-10H3. The molecule has 0 fully saturated rings. The van der Waals surface area contributed by atoms with Crippen molar-refractivity contribution in [2.24, 2.45) is 0 Å². The van der Waals surface area contributed by atoms with E-state index in [1.54, 1.807) is 0 Å². The summed E-state index contributed by atoms with van der Waals surface area (Å²) in [5.74, 6) is 1.17. The summed E-state index contributed by atoms with van der Waals surface area (Å²) < 4.78 is 6.34. The maximum Gasteiger partial charge on any atom is 0.231 e. The zero-order chi connectivity index (χ0) is 30.6. The third kappa shape index (κ3) is 5.80. The maximum atomic E-state index is 11.3. The first kappa shape index (κ1) is 29.8. The van der Waals surface area contributed by atoms with Gasteiger partial charge in [-0.25, -0.2) is 4.98 Å². The van der Waals surface area contributed by atoms with E-state index in [0.717, 1.165) is 39.0 Å². The maximum absolute atomic E-state index is 11.3. The topological polar surface area (TPSA) is 59.2 Å². The van der Waals surface area contributed by atoms with E-state index in [1.165, 1.54) is 10.8 Å². The molecule has 5 heteroatoms. The van der Waals surface area contributed by atoms with Crippen LogP contribution in [0.2, 0.25) is 19.6 Å². The lowest BCUT2D eigenvalue weighted by molar-refractivity contribution is 0.463. The summed E-state index contributed by atoms with van der Waals surface area (Å²) >= 11 is 0. The minimum absolute atomic E-state index is 0.0533. The van der Waals surface area contributed by atoms with E-state index in [-0.39, 0.29) is 17.1 Å². The van der Waals surface area contributed by atoms with Crippen LogP contribution in [0, 0.1) is 0 Å². The van der Waals surface area contributed by atoms with Crippen LogP contribution in [0.3, 0.4) is 0 Å². The second kappa shape index (κ2) is 10.8. The number of phenolic OH excluding ortho intramolecular Hbond substituents is 1. The molecule has 0 saturated heterocycles. The van der Waals surface area contributed by atoms with E-state index in [4.69, 9.17) is 14.4 Å². The third-order valence-corrected chi connectivity index (χ3v) is 10.2. The molecule has 0 bridgehead atoms. The molecule has 0 radical (unpaired) electrons. The smallest absolute Gasteiger partial charge is 0.231 e. The van der Waals surface area contributed by atoms with Gasteiger partial charge in [0.15, 0.2) is 5.58 Å². The van der Waals surface area contributed by atoms with Crippen LogP contribution in [0.25, 0.3) is 44.9 Å². The molecular weight excluding hydrogens is 533 g/mol. The van der Waals surface area contributed by atoms with Gasteiger partial charge in [-0.1, -0.05) is 98.4 Å². The number of hydrogen-bond acceptors (Lipinski definition) is 4. The van der Waals surface area contributed by atoms with Crippen LogP contribution in [0.1, 0.15) is 77.0 Å². The summed E-state index contributed by atoms with van der Waals surface area (Å²) in [6.45, 7) is 22.3. The summed E-state index contributed by atoms with van der Waals surface area (Å²) in [6.07, 6.45) is 2.05. The van der Waals surface area contributed by atoms with Gasteiger partial charge < -0.3 is 9.52 Å². The first-order chi connectivity index (χ1) is 19.6. The first-order valence-electron chi connectivity index (χ1n) is 15.0. The number of pyridine rings is 1. The number of benzene rings is 3. The van der Waals surface area contributed by atoms with Gasteiger partial charge in [0.1, 0.15) is 11.3 Å². The summed E-state index contributed by atoms with van der Waals surface area (Å²) in [5.41, 5.74) is 9.49. The highest BCUT2D eigenvalue weighted by atomic mass is 28.3. The predicted octanol–water partition coefficient (Wildman–Crippen LogP) is 10.0. The molecule has 0 aliphatic rings. The molecule has 0 atom stereocenters. The normalized spacial score (nSPS) is 12.6. The zero-order valence-corrected chi connectivity index (χ0v) is 27.8. The summed E-state index contributed by atoms with van der Waals surface area (Å²) in [4.78, 5) is 9.92. The quantitative estimate of drug-likeness (QED) is 0.204. The minimum atomic E-state index is -1.44. The third-order valence-electron chi connectivity index (χ3n) is 8.14. The molecular formula is C37H44N2O2Si. The van der Waals surface area contributed by atoms with Crippen LogP contribution in [-0.2, 0) is 5.41 Å². The van der Waals surface area contributed by atoms with E-state index in [2.05, 4.69) is 117 Å². The Bertz CT molecular complexity index is 1750. The summed E-state index contributed by atoms with van der Waals surface area (Å²) in [5, 5.41) is 12.6. The zero-order valence-electron chi connectivity index (χ0n) is 26.8. The number of hydrogen-bond donors (Lipinski definition) is 1. The van der Waals surface area contributed by atoms with Crippen molar-refractivity contribution >= 4 is 24.4 Å². The molecule has 0 aliphatic carbocycles. The van der Waals surface area contributed by atoms with Gasteiger partial charge in [-0.2, -0.15) is 0 Å². The molecule has 5 rings (SSSR count). The fourth-order valence-electron chi connectivity index (χ4n) is 5.29. The average Bonchev–Trinajstić information content (AvgIpc) is 3.36. The number of para-hydroxylation sites is 1. The SMILES string of the molecule is CC(C)c1cc(-c2nc3c(-c4cc(-c5ccc([Si](C)(C)C)cn5)cc(C(C)(C)C)c4)cccc3o2)c(O)c(C(C)C)c1. The predicted molar refractivity (Wildman–Crippen MR) is 180 cm³/mol. The Morgan fingerprint density at radius 1 is 0.810 bits per heavy atom. The average molecular weight is 577 g/mol. The van der Waals surface area contributed by atoms with Gasteiger partial charge in [-0.05, 0) is 75.0 Å². The van der Waals surface area contributed by atoms with Gasteiger partial charge >= 0.3 is 0 Å². The lowest BCUT2D eigenvalue weighted by atomic mass is 9.83. The molecule has 5 aromatic rings. The molecule has 42 heavy (non-hydrogen) atoms. The van der Waals surface area contributed by atoms with Crippen molar-refractivity contribution in [3.05, 3.63) is 83.6 Å². The van der Waals surface area contributed by atoms with Crippen molar-refractivity contribution in [1.82, 2.24) is 9.97 Å². The van der Waals surface area contributed by atoms with Crippen molar-refractivity contribution in [1.29, 1.82) is 0 Å². The van der Waals surface area contributed by atoms with Gasteiger partial charge in [0, 0.05) is 17.3 Å². The Labute approximate surface area is 251 Å². The molecule has 3 aromatic carbocycles. The molecule has 0 amide bonds. The molecule has 2 aromatic heterocycles. The van der Waals surface area contributed by atoms with Gasteiger partial charge in [-0.3, -0.25) is 4.98 Å². The lowest BCUT2D eigenvalue weighted by Gasteiger charge is -2.22. The Morgan fingerprint density at radius 3 is 2.12 bits per heavy atom. The van der Waals surface area contributed by atoms with Gasteiger partial charge in [-0.15, -0.1) is 0 Å². The van der Waals surface area contributed by atoms with Crippen molar-refractivity contribution in [3.8, 4) is 39.6 Å². The molecule has 0 aliphatic heterocycles. The number of aromatic hydroxyl groups is 1. The lowest BCUT2D eigenvalue weighted by Crippen LogP contribution is -2.37. The van der Waals surface area contributed by atoms with Gasteiger partial charge in [0.2, 0.25) is 5.89 Å². The molecule has 2 heterocycles. The fourth-order valence-corrected chi connectivity index (χ4v) is 6.32. The van der Waals surface area contributed by atoms with Crippen LogP contribution in [0.5, 0.6) is 5.75 Å². The molecule has 218 valence electrons. The van der Waals surface area contributed by atoms with Crippen molar-refractivity contribution in [2.75, 3.05) is 0 Å². The number of oxazole rings is 1. The molecule has 1 N–H and O–H groups in total.